The molecule has 2 atom stereocenters. The molecule has 1 aliphatic carbocycles. The minimum Gasteiger partial charge on any atom is -0.378 e. The van der Waals surface area contributed by atoms with Gasteiger partial charge in [-0.05, 0) is 70.1 Å². The van der Waals surface area contributed by atoms with Crippen molar-refractivity contribution in [2.75, 3.05) is 39.8 Å². The molecule has 28 heavy (non-hydrogen) atoms. The van der Waals surface area contributed by atoms with Crippen LogP contribution in [0.5, 0.6) is 0 Å². The molecule has 2 aliphatic heterocycles. The molecule has 7 nitrogen and oxygen atoms in total. The summed E-state index contributed by atoms with van der Waals surface area (Å²) in [6.45, 7) is 7.50. The highest BCUT2D eigenvalue weighted by Gasteiger charge is 2.43. The van der Waals surface area contributed by atoms with E-state index in [0.29, 0.717) is 19.0 Å². The van der Waals surface area contributed by atoms with Crippen LogP contribution in [0, 0.1) is 23.2 Å². The monoisotopic (exact) mass is 414 g/mol. The van der Waals surface area contributed by atoms with Gasteiger partial charge in [0.2, 0.25) is 10.0 Å². The predicted molar refractivity (Wildman–Crippen MR) is 112 cm³/mol. The number of likely N-dealkylation sites (tertiary alicyclic amines) is 1. The van der Waals surface area contributed by atoms with E-state index in [4.69, 9.17) is 10.1 Å². The SMILES string of the molecule is CNC(=N)N1CCC([C@H]2C[C@H]2CCOC2CCN(S(=O)(=O)C(C)C)CC2)CC1. The molecule has 8 heteroatoms. The van der Waals surface area contributed by atoms with Crippen molar-refractivity contribution in [1.82, 2.24) is 14.5 Å². The number of nitrogens with zero attached hydrogens (tertiary/aromatic N) is 2. The van der Waals surface area contributed by atoms with Gasteiger partial charge in [0, 0.05) is 39.8 Å². The number of hydrogen-bond acceptors (Lipinski definition) is 4. The lowest BCUT2D eigenvalue weighted by atomic mass is 9.90. The van der Waals surface area contributed by atoms with Crippen LogP contribution >= 0.6 is 0 Å². The average Bonchev–Trinajstić information content (AvgIpc) is 3.47. The molecule has 2 heterocycles. The maximum atomic E-state index is 12.2. The van der Waals surface area contributed by atoms with Crippen molar-refractivity contribution in [2.24, 2.45) is 17.8 Å². The van der Waals surface area contributed by atoms with Gasteiger partial charge in [0.15, 0.2) is 5.96 Å². The van der Waals surface area contributed by atoms with Gasteiger partial charge in [-0.15, -0.1) is 0 Å². The summed E-state index contributed by atoms with van der Waals surface area (Å²) in [5, 5.41) is 10.5. The Hall–Kier alpha value is -0.860. The van der Waals surface area contributed by atoms with Gasteiger partial charge in [0.1, 0.15) is 0 Å². The fourth-order valence-electron chi connectivity index (χ4n) is 4.83. The molecule has 0 amide bonds. The molecule has 3 fully saturated rings. The number of rotatable bonds is 7. The van der Waals surface area contributed by atoms with E-state index >= 15 is 0 Å². The average molecular weight is 415 g/mol. The maximum Gasteiger partial charge on any atom is 0.216 e. The van der Waals surface area contributed by atoms with Crippen LogP contribution in [0.4, 0.5) is 0 Å². The standard InChI is InChI=1S/C20H38N4O3S/c1-15(2)28(25,26)24-11-6-18(7-12-24)27-13-8-17-14-19(17)16-4-9-23(10-5-16)20(21)22-3/h15-19H,4-14H2,1-3H3,(H2,21,22)/t17-,19-/m1/s1. The molecule has 2 saturated heterocycles. The Balaban J connectivity index is 1.29. The van der Waals surface area contributed by atoms with Crippen LogP contribution in [0.3, 0.4) is 0 Å². The summed E-state index contributed by atoms with van der Waals surface area (Å²) < 4.78 is 32.2. The number of ether oxygens (including phenoxy) is 1. The summed E-state index contributed by atoms with van der Waals surface area (Å²) in [4.78, 5) is 2.14. The zero-order valence-electron chi connectivity index (χ0n) is 17.7. The second-order valence-corrected chi connectivity index (χ2v) is 11.4. The fourth-order valence-corrected chi connectivity index (χ4v) is 6.14. The van der Waals surface area contributed by atoms with Crippen molar-refractivity contribution in [3.8, 4) is 0 Å². The van der Waals surface area contributed by atoms with Crippen molar-refractivity contribution >= 4 is 16.0 Å². The van der Waals surface area contributed by atoms with Crippen molar-refractivity contribution in [2.45, 2.75) is 63.7 Å². The van der Waals surface area contributed by atoms with Crippen molar-refractivity contribution < 1.29 is 13.2 Å². The summed E-state index contributed by atoms with van der Waals surface area (Å²) >= 11 is 0. The molecule has 0 bridgehead atoms. The molecule has 3 aliphatic rings. The molecule has 0 spiro atoms. The van der Waals surface area contributed by atoms with Crippen LogP contribution in [0.1, 0.15) is 52.4 Å². The van der Waals surface area contributed by atoms with Crippen LogP contribution in [0.2, 0.25) is 0 Å². The van der Waals surface area contributed by atoms with E-state index in [1.807, 2.05) is 7.05 Å². The minimum atomic E-state index is -3.12. The first kappa shape index (κ1) is 21.8. The molecule has 1 saturated carbocycles. The molecular formula is C20H38N4O3S. The fraction of sp³-hybridized carbons (Fsp3) is 0.950. The summed E-state index contributed by atoms with van der Waals surface area (Å²) in [5.41, 5.74) is 0. The number of guanidine groups is 1. The highest BCUT2D eigenvalue weighted by Crippen LogP contribution is 2.49. The van der Waals surface area contributed by atoms with Crippen molar-refractivity contribution in [3.05, 3.63) is 0 Å². The highest BCUT2D eigenvalue weighted by atomic mass is 32.2. The van der Waals surface area contributed by atoms with E-state index in [1.54, 1.807) is 18.2 Å². The normalized spacial score (nSPS) is 27.9. The molecule has 0 aromatic rings. The topological polar surface area (TPSA) is 85.7 Å². The van der Waals surface area contributed by atoms with Gasteiger partial charge in [-0.25, -0.2) is 12.7 Å². The van der Waals surface area contributed by atoms with Crippen molar-refractivity contribution in [1.29, 1.82) is 5.41 Å². The molecule has 0 aromatic carbocycles. The van der Waals surface area contributed by atoms with Gasteiger partial charge in [-0.3, -0.25) is 5.41 Å². The van der Waals surface area contributed by atoms with Crippen molar-refractivity contribution in [3.63, 3.8) is 0 Å². The van der Waals surface area contributed by atoms with Gasteiger partial charge in [0.05, 0.1) is 11.4 Å². The maximum absolute atomic E-state index is 12.2. The smallest absolute Gasteiger partial charge is 0.216 e. The lowest BCUT2D eigenvalue weighted by Gasteiger charge is -2.33. The van der Waals surface area contributed by atoms with Gasteiger partial charge in [0.25, 0.3) is 0 Å². The summed E-state index contributed by atoms with van der Waals surface area (Å²) in [5.74, 6) is 3.02. The van der Waals surface area contributed by atoms with Crippen LogP contribution in [0.25, 0.3) is 0 Å². The number of hydrogen-bond donors (Lipinski definition) is 2. The third-order valence-electron chi connectivity index (χ3n) is 6.87. The Morgan fingerprint density at radius 1 is 1.14 bits per heavy atom. The van der Waals surface area contributed by atoms with Crippen LogP contribution in [-0.4, -0.2) is 74.8 Å². The molecule has 2 N–H and O–H groups in total. The van der Waals surface area contributed by atoms with Crippen LogP contribution < -0.4 is 5.32 Å². The number of piperidine rings is 2. The Labute approximate surface area is 170 Å². The third kappa shape index (κ3) is 5.19. The highest BCUT2D eigenvalue weighted by molar-refractivity contribution is 7.89. The Kier molecular flexibility index (Phi) is 7.26. The minimum absolute atomic E-state index is 0.214. The molecule has 3 rings (SSSR count). The van der Waals surface area contributed by atoms with E-state index in [-0.39, 0.29) is 11.4 Å². The molecule has 162 valence electrons. The van der Waals surface area contributed by atoms with E-state index in [2.05, 4.69) is 10.2 Å². The van der Waals surface area contributed by atoms with Gasteiger partial charge in [-0.1, -0.05) is 0 Å². The Morgan fingerprint density at radius 2 is 1.79 bits per heavy atom. The third-order valence-corrected chi connectivity index (χ3v) is 9.15. The number of nitrogens with one attached hydrogen (secondary N) is 2. The Morgan fingerprint density at radius 3 is 2.36 bits per heavy atom. The lowest BCUT2D eigenvalue weighted by Crippen LogP contribution is -2.44. The first-order valence-electron chi connectivity index (χ1n) is 10.9. The first-order chi connectivity index (χ1) is 13.3. The van der Waals surface area contributed by atoms with Crippen LogP contribution in [-0.2, 0) is 14.8 Å². The van der Waals surface area contributed by atoms with Gasteiger partial charge in [-0.2, -0.15) is 0 Å². The lowest BCUT2D eigenvalue weighted by molar-refractivity contribution is 0.0172. The predicted octanol–water partition coefficient (Wildman–Crippen LogP) is 2.10. The summed E-state index contributed by atoms with van der Waals surface area (Å²) in [6.07, 6.45) is 6.73. The molecular weight excluding hydrogens is 376 g/mol. The summed E-state index contributed by atoms with van der Waals surface area (Å²) in [6, 6.07) is 0. The zero-order valence-corrected chi connectivity index (χ0v) is 18.5. The molecule has 0 aromatic heterocycles. The van der Waals surface area contributed by atoms with E-state index in [0.717, 1.165) is 56.7 Å². The largest absolute Gasteiger partial charge is 0.378 e. The Bertz CT molecular complexity index is 623. The quantitative estimate of drug-likeness (QED) is 0.492. The van der Waals surface area contributed by atoms with Gasteiger partial charge < -0.3 is 15.0 Å². The summed E-state index contributed by atoms with van der Waals surface area (Å²) in [7, 11) is -1.30. The number of sulfonamides is 1. The van der Waals surface area contributed by atoms with Crippen LogP contribution in [0.15, 0.2) is 0 Å². The van der Waals surface area contributed by atoms with Gasteiger partial charge >= 0.3 is 0 Å². The van der Waals surface area contributed by atoms with E-state index in [9.17, 15) is 8.42 Å². The zero-order chi connectivity index (χ0) is 20.3. The second-order valence-electron chi connectivity index (χ2n) is 8.93. The first-order valence-corrected chi connectivity index (χ1v) is 12.4. The molecule has 0 radical (unpaired) electrons. The van der Waals surface area contributed by atoms with E-state index in [1.165, 1.54) is 19.3 Å². The second kappa shape index (κ2) is 9.30. The molecule has 0 unspecified atom stereocenters. The van der Waals surface area contributed by atoms with E-state index < -0.39 is 10.0 Å².